The normalized spacial score (nSPS) is 23.5. The number of esters is 1. The number of anilines is 1. The third-order valence-corrected chi connectivity index (χ3v) is 7.86. The molecule has 3 aromatic carbocycles. The molecule has 5 nitrogen and oxygen atoms in total. The summed E-state index contributed by atoms with van der Waals surface area (Å²) in [7, 11) is 0. The molecule has 2 bridgehead atoms. The fourth-order valence-electron chi connectivity index (χ4n) is 6.08. The van der Waals surface area contributed by atoms with Gasteiger partial charge >= 0.3 is 5.97 Å². The molecular weight excluding hydrogens is 486 g/mol. The molecule has 0 aromatic heterocycles. The Morgan fingerprint density at radius 1 is 0.838 bits per heavy atom. The molecule has 2 aliphatic carbocycles. The van der Waals surface area contributed by atoms with Gasteiger partial charge in [-0.05, 0) is 47.4 Å². The van der Waals surface area contributed by atoms with Crippen molar-refractivity contribution in [1.29, 1.82) is 0 Å². The van der Waals surface area contributed by atoms with Crippen molar-refractivity contribution in [2.45, 2.75) is 6.92 Å². The van der Waals surface area contributed by atoms with Crippen LogP contribution in [-0.2, 0) is 14.3 Å². The van der Waals surface area contributed by atoms with Crippen molar-refractivity contribution in [1.82, 2.24) is 0 Å². The molecule has 37 heavy (non-hydrogen) atoms. The summed E-state index contributed by atoms with van der Waals surface area (Å²) in [5.74, 6) is -2.41. The molecule has 2 fully saturated rings. The second-order valence-corrected chi connectivity index (χ2v) is 9.85. The minimum Gasteiger partial charge on any atom is -0.462 e. The van der Waals surface area contributed by atoms with E-state index in [1.54, 1.807) is 13.0 Å². The van der Waals surface area contributed by atoms with Crippen molar-refractivity contribution in [3.8, 4) is 0 Å². The molecule has 3 aliphatic rings. The predicted octanol–water partition coefficient (Wildman–Crippen LogP) is 5.94. The van der Waals surface area contributed by atoms with Crippen molar-refractivity contribution in [3.63, 3.8) is 0 Å². The fraction of sp³-hybridized carbons (Fsp3) is 0.194. The van der Waals surface area contributed by atoms with Crippen LogP contribution >= 0.6 is 11.6 Å². The molecule has 0 unspecified atom stereocenters. The van der Waals surface area contributed by atoms with Gasteiger partial charge in [0.05, 0.1) is 34.7 Å². The maximum absolute atomic E-state index is 13.8. The summed E-state index contributed by atoms with van der Waals surface area (Å²) in [5, 5.41) is 0.212. The molecule has 0 radical (unpaired) electrons. The average Bonchev–Trinajstić information content (AvgIpc) is 3.55. The lowest BCUT2D eigenvalue weighted by atomic mass is 9.85. The number of benzene rings is 3. The zero-order valence-corrected chi connectivity index (χ0v) is 20.9. The molecule has 3 aromatic rings. The van der Waals surface area contributed by atoms with Crippen LogP contribution in [0, 0.1) is 23.7 Å². The summed E-state index contributed by atoms with van der Waals surface area (Å²) in [6.45, 7) is 1.90. The molecular formula is C31H24ClNO4. The number of amides is 2. The molecule has 6 heteroatoms. The van der Waals surface area contributed by atoms with E-state index in [0.717, 1.165) is 22.3 Å². The van der Waals surface area contributed by atoms with E-state index in [4.69, 9.17) is 16.3 Å². The molecule has 0 N–H and O–H groups in total. The molecule has 0 spiro atoms. The summed E-state index contributed by atoms with van der Waals surface area (Å²) < 4.78 is 5.10. The first-order chi connectivity index (χ1) is 18.0. The summed E-state index contributed by atoms with van der Waals surface area (Å²) in [6, 6.07) is 24.9. The van der Waals surface area contributed by atoms with Gasteiger partial charge in [-0.15, -0.1) is 0 Å². The first-order valence-electron chi connectivity index (χ1n) is 12.4. The van der Waals surface area contributed by atoms with Crippen LogP contribution < -0.4 is 4.90 Å². The summed E-state index contributed by atoms with van der Waals surface area (Å²) in [6.07, 6.45) is 4.15. The number of allylic oxidation sites excluding steroid dienone is 3. The quantitative estimate of drug-likeness (QED) is 0.242. The molecule has 1 heterocycles. The van der Waals surface area contributed by atoms with Crippen LogP contribution in [0.2, 0.25) is 5.02 Å². The number of fused-ring (bicyclic) bond motifs is 5. The smallest absolute Gasteiger partial charge is 0.339 e. The third kappa shape index (κ3) is 3.65. The number of hydrogen-bond donors (Lipinski definition) is 0. The first-order valence-corrected chi connectivity index (χ1v) is 12.8. The van der Waals surface area contributed by atoms with Gasteiger partial charge in [0.1, 0.15) is 0 Å². The monoisotopic (exact) mass is 509 g/mol. The molecule has 2 amide bonds. The van der Waals surface area contributed by atoms with Crippen LogP contribution in [0.25, 0.3) is 5.57 Å². The molecule has 4 atom stereocenters. The maximum atomic E-state index is 13.8. The van der Waals surface area contributed by atoms with Crippen LogP contribution in [-0.4, -0.2) is 24.4 Å². The van der Waals surface area contributed by atoms with Gasteiger partial charge in [-0.3, -0.25) is 9.59 Å². The summed E-state index contributed by atoms with van der Waals surface area (Å²) >= 11 is 6.22. The van der Waals surface area contributed by atoms with Crippen molar-refractivity contribution in [2.75, 3.05) is 11.5 Å². The van der Waals surface area contributed by atoms with Crippen LogP contribution in [0.3, 0.4) is 0 Å². The van der Waals surface area contributed by atoms with Crippen molar-refractivity contribution in [3.05, 3.63) is 118 Å². The second kappa shape index (κ2) is 9.16. The Labute approximate surface area is 220 Å². The maximum Gasteiger partial charge on any atom is 0.339 e. The summed E-state index contributed by atoms with van der Waals surface area (Å²) in [5.41, 5.74) is 4.81. The lowest BCUT2D eigenvalue weighted by molar-refractivity contribution is -0.122. The highest BCUT2D eigenvalue weighted by Gasteiger charge is 2.62. The Morgan fingerprint density at radius 2 is 1.38 bits per heavy atom. The van der Waals surface area contributed by atoms with Crippen LogP contribution in [0.1, 0.15) is 28.4 Å². The number of rotatable bonds is 5. The van der Waals surface area contributed by atoms with E-state index in [1.165, 1.54) is 17.0 Å². The Morgan fingerprint density at radius 3 is 1.89 bits per heavy atom. The Bertz CT molecular complexity index is 1400. The highest BCUT2D eigenvalue weighted by molar-refractivity contribution is 6.34. The Hall–Kier alpha value is -3.96. The van der Waals surface area contributed by atoms with Gasteiger partial charge in [0.15, 0.2) is 0 Å². The standard InChI is InChI=1S/C31H24ClNO4/c1-2-37-31(36)23-17-20(13-16-24(23)32)33-29(34)27-21-14-15-22(28(27)30(33)35)26(21)25(18-9-5-3-6-10-18)19-11-7-4-8-12-19/h3-17,21-22,27-28H,2H2,1H3/t21-,22+,27-,28-/m0/s1. The number of hydrogen-bond acceptors (Lipinski definition) is 4. The third-order valence-electron chi connectivity index (χ3n) is 7.53. The average molecular weight is 510 g/mol. The lowest BCUT2D eigenvalue weighted by Crippen LogP contribution is -2.33. The first kappa shape index (κ1) is 23.4. The van der Waals surface area contributed by atoms with E-state index in [2.05, 4.69) is 36.4 Å². The SMILES string of the molecule is CCOC(=O)c1cc(N2C(=O)[C@@H]3[C@@H](C2=O)[C@H]2C=C[C@@H]3C2=C(c2ccccc2)c2ccccc2)ccc1Cl. The zero-order valence-electron chi connectivity index (χ0n) is 20.1. The number of halogens is 1. The van der Waals surface area contributed by atoms with Crippen molar-refractivity contribution in [2.24, 2.45) is 23.7 Å². The van der Waals surface area contributed by atoms with Crippen LogP contribution in [0.4, 0.5) is 5.69 Å². The number of nitrogens with zero attached hydrogens (tertiary/aromatic N) is 1. The molecule has 184 valence electrons. The van der Waals surface area contributed by atoms with Crippen LogP contribution in [0.5, 0.6) is 0 Å². The van der Waals surface area contributed by atoms with E-state index in [9.17, 15) is 14.4 Å². The fourth-order valence-corrected chi connectivity index (χ4v) is 6.27. The van der Waals surface area contributed by atoms with Gasteiger partial charge < -0.3 is 4.74 Å². The minimum atomic E-state index is -0.587. The number of ether oxygens (including phenoxy) is 1. The van der Waals surface area contributed by atoms with Crippen molar-refractivity contribution >= 4 is 40.6 Å². The van der Waals surface area contributed by atoms with E-state index >= 15 is 0 Å². The van der Waals surface area contributed by atoms with Gasteiger partial charge in [0, 0.05) is 11.8 Å². The predicted molar refractivity (Wildman–Crippen MR) is 142 cm³/mol. The van der Waals surface area contributed by atoms with E-state index in [1.807, 2.05) is 36.4 Å². The molecule has 1 saturated carbocycles. The number of carbonyl (C=O) groups excluding carboxylic acids is 3. The Balaban J connectivity index is 1.43. The van der Waals surface area contributed by atoms with Gasteiger partial charge in [-0.2, -0.15) is 0 Å². The van der Waals surface area contributed by atoms with E-state index in [0.29, 0.717) is 5.69 Å². The van der Waals surface area contributed by atoms with Gasteiger partial charge in [0.2, 0.25) is 11.8 Å². The van der Waals surface area contributed by atoms with Gasteiger partial charge in [0.25, 0.3) is 0 Å². The van der Waals surface area contributed by atoms with E-state index < -0.39 is 17.8 Å². The van der Waals surface area contributed by atoms with Gasteiger partial charge in [-0.25, -0.2) is 9.69 Å². The van der Waals surface area contributed by atoms with E-state index in [-0.39, 0.29) is 40.8 Å². The topological polar surface area (TPSA) is 63.7 Å². The second-order valence-electron chi connectivity index (χ2n) is 9.45. The lowest BCUT2D eigenvalue weighted by Gasteiger charge is -2.22. The van der Waals surface area contributed by atoms with Crippen molar-refractivity contribution < 1.29 is 19.1 Å². The molecule has 1 aliphatic heterocycles. The highest BCUT2D eigenvalue weighted by Crippen LogP contribution is 2.58. The number of imide groups is 1. The molecule has 6 rings (SSSR count). The number of carbonyl (C=O) groups is 3. The summed E-state index contributed by atoms with van der Waals surface area (Å²) in [4.78, 5) is 41.2. The van der Waals surface area contributed by atoms with Crippen LogP contribution in [0.15, 0.2) is 96.6 Å². The minimum absolute atomic E-state index is 0.135. The zero-order chi connectivity index (χ0) is 25.7. The van der Waals surface area contributed by atoms with Gasteiger partial charge in [-0.1, -0.05) is 84.4 Å². The Kier molecular flexibility index (Phi) is 5.81. The highest BCUT2D eigenvalue weighted by atomic mass is 35.5. The molecule has 1 saturated heterocycles. The largest absolute Gasteiger partial charge is 0.462 e.